The van der Waals surface area contributed by atoms with E-state index in [-0.39, 0.29) is 18.0 Å². The first-order valence-corrected chi connectivity index (χ1v) is 5.66. The lowest BCUT2D eigenvalue weighted by molar-refractivity contribution is -0.120. The van der Waals surface area contributed by atoms with E-state index in [0.717, 1.165) is 0 Å². The normalized spacial score (nSPS) is 10.6. The number of carbonyl (C=O) groups excluding carboxylic acids is 1. The molecule has 0 atom stereocenters. The predicted octanol–water partition coefficient (Wildman–Crippen LogP) is 1.47. The van der Waals surface area contributed by atoms with Gasteiger partial charge in [0, 0.05) is 16.9 Å². The Hall–Kier alpha value is -2.22. The van der Waals surface area contributed by atoms with Crippen LogP contribution in [0.4, 0.5) is 11.4 Å². The summed E-state index contributed by atoms with van der Waals surface area (Å²) in [5, 5.41) is 14.6. The number of amides is 1. The number of nitrogens with one attached hydrogen (secondary N) is 2. The maximum Gasteiger partial charge on any atom is 0.239 e. The molecule has 0 fully saturated rings. The first-order chi connectivity index (χ1) is 8.31. The summed E-state index contributed by atoms with van der Waals surface area (Å²) in [5.74, 6) is -0.0992. The van der Waals surface area contributed by atoms with E-state index in [4.69, 9.17) is 11.0 Å². The Morgan fingerprint density at radius 3 is 2.67 bits per heavy atom. The van der Waals surface area contributed by atoms with Gasteiger partial charge in [0.2, 0.25) is 5.91 Å². The average Bonchev–Trinajstić information content (AvgIpc) is 2.25. The molecule has 0 unspecified atom stereocenters. The number of rotatable bonds is 3. The largest absolute Gasteiger partial charge is 0.398 e. The summed E-state index contributed by atoms with van der Waals surface area (Å²) < 4.78 is 0. The fourth-order valence-corrected chi connectivity index (χ4v) is 1.41. The summed E-state index contributed by atoms with van der Waals surface area (Å²) >= 11 is 0. The number of nitriles is 1. The molecule has 0 aromatic heterocycles. The van der Waals surface area contributed by atoms with Gasteiger partial charge in [-0.05, 0) is 39.0 Å². The van der Waals surface area contributed by atoms with Gasteiger partial charge in [0.1, 0.15) is 6.07 Å². The summed E-state index contributed by atoms with van der Waals surface area (Å²) in [6, 6.07) is 7.00. The Labute approximate surface area is 107 Å². The number of nitrogens with zero attached hydrogens (tertiary/aromatic N) is 1. The average molecular weight is 246 g/mol. The third-order valence-electron chi connectivity index (χ3n) is 2.14. The van der Waals surface area contributed by atoms with Gasteiger partial charge >= 0.3 is 0 Å². The van der Waals surface area contributed by atoms with Crippen molar-refractivity contribution in [1.82, 2.24) is 5.32 Å². The lowest BCUT2D eigenvalue weighted by atomic mass is 10.1. The zero-order valence-electron chi connectivity index (χ0n) is 10.9. The molecule has 0 heterocycles. The topological polar surface area (TPSA) is 90.9 Å². The molecule has 0 aliphatic heterocycles. The van der Waals surface area contributed by atoms with E-state index in [9.17, 15) is 4.79 Å². The number of nitrogens with two attached hydrogens (primary N) is 1. The van der Waals surface area contributed by atoms with E-state index < -0.39 is 0 Å². The van der Waals surface area contributed by atoms with E-state index >= 15 is 0 Å². The van der Waals surface area contributed by atoms with Crippen LogP contribution in [0.25, 0.3) is 0 Å². The molecule has 1 aromatic carbocycles. The maximum atomic E-state index is 11.6. The van der Waals surface area contributed by atoms with Crippen LogP contribution in [0.15, 0.2) is 18.2 Å². The van der Waals surface area contributed by atoms with Crippen molar-refractivity contribution in [1.29, 1.82) is 5.26 Å². The van der Waals surface area contributed by atoms with Gasteiger partial charge in [0.15, 0.2) is 0 Å². The zero-order valence-corrected chi connectivity index (χ0v) is 10.9. The molecule has 4 N–H and O–H groups in total. The summed E-state index contributed by atoms with van der Waals surface area (Å²) in [6.07, 6.45) is 0. The van der Waals surface area contributed by atoms with Gasteiger partial charge < -0.3 is 16.4 Å². The van der Waals surface area contributed by atoms with Crippen LogP contribution in [0.1, 0.15) is 26.3 Å². The minimum atomic E-state index is -0.252. The smallest absolute Gasteiger partial charge is 0.239 e. The van der Waals surface area contributed by atoms with Crippen LogP contribution in [0.2, 0.25) is 0 Å². The molecule has 0 radical (unpaired) electrons. The second-order valence-electron chi connectivity index (χ2n) is 5.07. The minimum absolute atomic E-state index is 0.0992. The van der Waals surface area contributed by atoms with Crippen LogP contribution in [0.3, 0.4) is 0 Å². The number of hydrogen-bond donors (Lipinski definition) is 3. The maximum absolute atomic E-state index is 11.6. The molecule has 0 aliphatic rings. The minimum Gasteiger partial charge on any atom is -0.398 e. The molecule has 1 aromatic rings. The van der Waals surface area contributed by atoms with Crippen LogP contribution in [-0.2, 0) is 4.79 Å². The molecule has 5 heteroatoms. The highest BCUT2D eigenvalue weighted by molar-refractivity contribution is 5.81. The highest BCUT2D eigenvalue weighted by atomic mass is 16.2. The number of anilines is 2. The summed E-state index contributed by atoms with van der Waals surface area (Å²) in [7, 11) is 0. The summed E-state index contributed by atoms with van der Waals surface area (Å²) in [4.78, 5) is 11.6. The highest BCUT2D eigenvalue weighted by Gasteiger charge is 2.13. The van der Waals surface area contributed by atoms with Crippen LogP contribution >= 0.6 is 0 Å². The second kappa shape index (κ2) is 5.41. The lowest BCUT2D eigenvalue weighted by Gasteiger charge is -2.20. The van der Waals surface area contributed by atoms with Gasteiger partial charge in [0.05, 0.1) is 12.1 Å². The molecule has 1 amide bonds. The van der Waals surface area contributed by atoms with E-state index in [1.165, 1.54) is 0 Å². The highest BCUT2D eigenvalue weighted by Crippen LogP contribution is 2.16. The van der Waals surface area contributed by atoms with Gasteiger partial charge in [0.25, 0.3) is 0 Å². The molecule has 0 aliphatic carbocycles. The third kappa shape index (κ3) is 4.34. The number of carbonyl (C=O) groups is 1. The predicted molar refractivity (Wildman–Crippen MR) is 72.0 cm³/mol. The van der Waals surface area contributed by atoms with Crippen molar-refractivity contribution in [3.05, 3.63) is 23.8 Å². The van der Waals surface area contributed by atoms with E-state index in [0.29, 0.717) is 16.9 Å². The van der Waals surface area contributed by atoms with Crippen molar-refractivity contribution in [2.45, 2.75) is 26.3 Å². The van der Waals surface area contributed by atoms with Gasteiger partial charge in [-0.25, -0.2) is 0 Å². The SMILES string of the molecule is CC(C)(C)NC(=O)CNc1ccc(N)c(C#N)c1. The molecule has 5 nitrogen and oxygen atoms in total. The van der Waals surface area contributed by atoms with Gasteiger partial charge in [-0.2, -0.15) is 5.26 Å². The van der Waals surface area contributed by atoms with Gasteiger partial charge in [-0.15, -0.1) is 0 Å². The molecule has 18 heavy (non-hydrogen) atoms. The molecule has 0 saturated heterocycles. The van der Waals surface area contributed by atoms with Crippen molar-refractivity contribution in [2.24, 2.45) is 0 Å². The number of benzene rings is 1. The van der Waals surface area contributed by atoms with Crippen molar-refractivity contribution in [3.8, 4) is 6.07 Å². The van der Waals surface area contributed by atoms with Crippen molar-refractivity contribution < 1.29 is 4.79 Å². The standard InChI is InChI=1S/C13H18N4O/c1-13(2,3)17-12(18)8-16-10-4-5-11(15)9(6-10)7-14/h4-6,16H,8,15H2,1-3H3,(H,17,18). The number of nitrogen functional groups attached to an aromatic ring is 1. The molecular weight excluding hydrogens is 228 g/mol. The second-order valence-corrected chi connectivity index (χ2v) is 5.07. The lowest BCUT2D eigenvalue weighted by Crippen LogP contribution is -2.43. The Balaban J connectivity index is 2.60. The van der Waals surface area contributed by atoms with Crippen molar-refractivity contribution >= 4 is 17.3 Å². The zero-order chi connectivity index (χ0) is 13.8. The van der Waals surface area contributed by atoms with Crippen LogP contribution in [0, 0.1) is 11.3 Å². The van der Waals surface area contributed by atoms with Gasteiger partial charge in [-0.1, -0.05) is 0 Å². The van der Waals surface area contributed by atoms with E-state index in [2.05, 4.69) is 10.6 Å². The van der Waals surface area contributed by atoms with Crippen LogP contribution < -0.4 is 16.4 Å². The summed E-state index contributed by atoms with van der Waals surface area (Å²) in [6.45, 7) is 5.91. The molecule has 0 bridgehead atoms. The third-order valence-corrected chi connectivity index (χ3v) is 2.14. The Kier molecular flexibility index (Phi) is 4.16. The van der Waals surface area contributed by atoms with Crippen LogP contribution in [0.5, 0.6) is 0 Å². The first-order valence-electron chi connectivity index (χ1n) is 5.66. The Morgan fingerprint density at radius 2 is 2.11 bits per heavy atom. The van der Waals surface area contributed by atoms with Crippen molar-refractivity contribution in [2.75, 3.05) is 17.6 Å². The molecule has 0 saturated carbocycles. The molecule has 1 rings (SSSR count). The monoisotopic (exact) mass is 246 g/mol. The molecule has 96 valence electrons. The van der Waals surface area contributed by atoms with E-state index in [1.54, 1.807) is 18.2 Å². The Bertz CT molecular complexity index is 483. The van der Waals surface area contributed by atoms with E-state index in [1.807, 2.05) is 26.8 Å². The fraction of sp³-hybridized carbons (Fsp3) is 0.385. The van der Waals surface area contributed by atoms with Crippen LogP contribution in [-0.4, -0.2) is 18.0 Å². The molecule has 0 spiro atoms. The number of hydrogen-bond acceptors (Lipinski definition) is 4. The Morgan fingerprint density at radius 1 is 1.44 bits per heavy atom. The first kappa shape index (κ1) is 13.8. The quantitative estimate of drug-likeness (QED) is 0.704. The fourth-order valence-electron chi connectivity index (χ4n) is 1.41. The van der Waals surface area contributed by atoms with Crippen molar-refractivity contribution in [3.63, 3.8) is 0 Å². The van der Waals surface area contributed by atoms with Gasteiger partial charge in [-0.3, -0.25) is 4.79 Å². The molecular formula is C13H18N4O. The summed E-state index contributed by atoms with van der Waals surface area (Å²) in [5.41, 5.74) is 6.89.